The summed E-state index contributed by atoms with van der Waals surface area (Å²) >= 11 is 4.32. The molecule has 0 aliphatic carbocycles. The zero-order valence-corrected chi connectivity index (χ0v) is 26.3. The van der Waals surface area contributed by atoms with Gasteiger partial charge in [0.05, 0.1) is 20.6 Å². The molecule has 0 unspecified atom stereocenters. The number of aromatic amines is 1. The third-order valence-electron chi connectivity index (χ3n) is 5.02. The van der Waals surface area contributed by atoms with Crippen molar-refractivity contribution in [1.82, 2.24) is 28.9 Å². The van der Waals surface area contributed by atoms with E-state index >= 15 is 0 Å². The summed E-state index contributed by atoms with van der Waals surface area (Å²) in [5.41, 5.74) is 1.29. The number of nitrogens with zero attached hydrogens (tertiary/aromatic N) is 5. The molecule has 0 radical (unpaired) electrons. The molecule has 0 aliphatic heterocycles. The second-order valence-electron chi connectivity index (χ2n) is 7.52. The van der Waals surface area contributed by atoms with E-state index < -0.39 is 19.1 Å². The van der Waals surface area contributed by atoms with Crippen molar-refractivity contribution < 1.29 is 16.8 Å². The number of fused-ring (bicyclic) bond motifs is 2. The molecule has 0 saturated carbocycles. The SMILES string of the molecule is Ic1c[nH]c2ncncc12.O=S(=O)(Cl)c1ccccc1.O=S(=O)(c1ccccc1)n1cc(I)c2cncnc21. The van der Waals surface area contributed by atoms with Crippen molar-refractivity contribution in [2.45, 2.75) is 9.79 Å². The monoisotopic (exact) mass is 806 g/mol. The van der Waals surface area contributed by atoms with Crippen molar-refractivity contribution in [3.8, 4) is 0 Å². The fraction of sp³-hybridized carbons (Fsp3) is 0. The standard InChI is InChI=1S/C12H8IN3O2S.C6H5ClO2S.C6H4IN3/c13-11-7-16(12-10(11)6-14-8-15-12)19(17,18)9-4-2-1-3-5-9;7-10(8,9)6-4-2-1-3-5-6;7-5-2-9-6-4(5)1-8-3-10-6/h1-8H;1-5H;1-3H,(H,8,9,10). The molecule has 0 fully saturated rings. The van der Waals surface area contributed by atoms with Gasteiger partial charge in [0.1, 0.15) is 18.3 Å². The summed E-state index contributed by atoms with van der Waals surface area (Å²) in [6, 6.07) is 16.2. The second-order valence-corrected chi connectivity index (χ2v) is 14.2. The summed E-state index contributed by atoms with van der Waals surface area (Å²) in [6.45, 7) is 0. The van der Waals surface area contributed by atoms with Crippen LogP contribution in [0, 0.1) is 7.14 Å². The van der Waals surface area contributed by atoms with Crippen LogP contribution in [0.4, 0.5) is 0 Å². The van der Waals surface area contributed by atoms with Gasteiger partial charge in [-0.05, 0) is 69.4 Å². The summed E-state index contributed by atoms with van der Waals surface area (Å²) in [6.07, 6.45) is 9.77. The smallest absolute Gasteiger partial charge is 0.269 e. The Labute approximate surface area is 255 Å². The normalized spacial score (nSPS) is 11.4. The minimum absolute atomic E-state index is 0.136. The molecule has 0 saturated heterocycles. The van der Waals surface area contributed by atoms with Crippen LogP contribution >= 0.6 is 55.9 Å². The quantitative estimate of drug-likeness (QED) is 0.184. The molecule has 0 bridgehead atoms. The first-order valence-electron chi connectivity index (χ1n) is 10.8. The summed E-state index contributed by atoms with van der Waals surface area (Å²) in [5, 5.41) is 1.81. The molecule has 10 nitrogen and oxygen atoms in total. The molecule has 200 valence electrons. The number of hydrogen-bond acceptors (Lipinski definition) is 8. The lowest BCUT2D eigenvalue weighted by Crippen LogP contribution is -2.12. The largest absolute Gasteiger partial charge is 0.345 e. The predicted octanol–water partition coefficient (Wildman–Crippen LogP) is 5.45. The lowest BCUT2D eigenvalue weighted by Gasteiger charge is -2.06. The lowest BCUT2D eigenvalue weighted by atomic mass is 10.4. The maximum Gasteiger partial charge on any atom is 0.269 e. The van der Waals surface area contributed by atoms with E-state index in [9.17, 15) is 16.8 Å². The maximum absolute atomic E-state index is 12.6. The van der Waals surface area contributed by atoms with E-state index in [1.54, 1.807) is 67.1 Å². The minimum Gasteiger partial charge on any atom is -0.345 e. The van der Waals surface area contributed by atoms with Gasteiger partial charge < -0.3 is 4.98 Å². The second kappa shape index (κ2) is 12.7. The van der Waals surface area contributed by atoms with Gasteiger partial charge in [0.15, 0.2) is 5.65 Å². The van der Waals surface area contributed by atoms with E-state index in [-0.39, 0.29) is 9.79 Å². The van der Waals surface area contributed by atoms with E-state index in [2.05, 4.69) is 70.1 Å². The van der Waals surface area contributed by atoms with Crippen LogP contribution in [0.5, 0.6) is 0 Å². The Morgan fingerprint density at radius 2 is 1.31 bits per heavy atom. The van der Waals surface area contributed by atoms with Crippen molar-refractivity contribution in [2.75, 3.05) is 0 Å². The van der Waals surface area contributed by atoms with Crippen molar-refractivity contribution in [3.63, 3.8) is 0 Å². The molecule has 0 amide bonds. The topological polar surface area (TPSA) is 141 Å². The number of rotatable bonds is 3. The molecule has 6 rings (SSSR count). The summed E-state index contributed by atoms with van der Waals surface area (Å²) in [4.78, 5) is 19.3. The first kappa shape index (κ1) is 29.3. The molecule has 0 aliphatic rings. The van der Waals surface area contributed by atoms with Gasteiger partial charge in [-0.3, -0.25) is 0 Å². The molecule has 4 heterocycles. The van der Waals surface area contributed by atoms with Crippen molar-refractivity contribution in [2.24, 2.45) is 0 Å². The van der Waals surface area contributed by atoms with Gasteiger partial charge in [-0.25, -0.2) is 40.7 Å². The summed E-state index contributed by atoms with van der Waals surface area (Å²) < 4.78 is 49.5. The van der Waals surface area contributed by atoms with Crippen molar-refractivity contribution >= 4 is 97.0 Å². The predicted molar refractivity (Wildman–Crippen MR) is 165 cm³/mol. The highest BCUT2D eigenvalue weighted by Gasteiger charge is 2.21. The Morgan fingerprint density at radius 3 is 1.87 bits per heavy atom. The Hall–Kier alpha value is -2.67. The number of hydrogen-bond donors (Lipinski definition) is 1. The van der Waals surface area contributed by atoms with E-state index in [1.165, 1.54) is 28.8 Å². The van der Waals surface area contributed by atoms with Crippen LogP contribution in [0.1, 0.15) is 0 Å². The van der Waals surface area contributed by atoms with E-state index in [1.807, 2.05) is 6.20 Å². The molecule has 0 spiro atoms. The lowest BCUT2D eigenvalue weighted by molar-refractivity contribution is 0.588. The van der Waals surface area contributed by atoms with E-state index in [0.29, 0.717) is 5.65 Å². The number of aromatic nitrogens is 6. The minimum atomic E-state index is -3.62. The average molecular weight is 807 g/mol. The molecule has 39 heavy (non-hydrogen) atoms. The van der Waals surface area contributed by atoms with Crippen molar-refractivity contribution in [3.05, 3.63) is 105 Å². The Kier molecular flexibility index (Phi) is 9.52. The van der Waals surface area contributed by atoms with E-state index in [0.717, 1.165) is 23.6 Å². The van der Waals surface area contributed by atoms with Crippen LogP contribution < -0.4 is 0 Å². The highest BCUT2D eigenvalue weighted by molar-refractivity contribution is 14.1. The van der Waals surface area contributed by atoms with Gasteiger partial charge in [0, 0.05) is 42.6 Å². The molecule has 0 atom stereocenters. The van der Waals surface area contributed by atoms with Crippen molar-refractivity contribution in [1.29, 1.82) is 0 Å². The molecular formula is C24H17ClI2N6O4S2. The summed E-state index contributed by atoms with van der Waals surface area (Å²) in [7, 11) is -2.12. The maximum atomic E-state index is 12.6. The van der Waals surface area contributed by atoms with Gasteiger partial charge in [0.2, 0.25) is 0 Å². The molecule has 2 aromatic carbocycles. The fourth-order valence-electron chi connectivity index (χ4n) is 3.20. The molecule has 4 aromatic heterocycles. The average Bonchev–Trinajstić information content (AvgIpc) is 3.50. The van der Waals surface area contributed by atoms with Gasteiger partial charge in [-0.15, -0.1) is 0 Å². The van der Waals surface area contributed by atoms with Gasteiger partial charge in [-0.2, -0.15) is 0 Å². The van der Waals surface area contributed by atoms with Gasteiger partial charge >= 0.3 is 0 Å². The number of nitrogens with one attached hydrogen (secondary N) is 1. The Balaban J connectivity index is 0.000000149. The molecular weight excluding hydrogens is 790 g/mol. The molecule has 6 aromatic rings. The van der Waals surface area contributed by atoms with E-state index in [4.69, 9.17) is 10.7 Å². The van der Waals surface area contributed by atoms with Crippen LogP contribution in [0.15, 0.2) is 108 Å². The van der Waals surface area contributed by atoms with Crippen LogP contribution in [-0.2, 0) is 19.1 Å². The number of halogens is 3. The fourth-order valence-corrected chi connectivity index (χ4v) is 6.74. The molecule has 1 N–H and O–H groups in total. The highest BCUT2D eigenvalue weighted by atomic mass is 127. The van der Waals surface area contributed by atoms with Gasteiger partial charge in [0.25, 0.3) is 19.1 Å². The van der Waals surface area contributed by atoms with Crippen LogP contribution in [0.2, 0.25) is 0 Å². The third-order valence-corrected chi connectivity index (χ3v) is 9.80. The third kappa shape index (κ3) is 7.10. The van der Waals surface area contributed by atoms with Gasteiger partial charge in [-0.1, -0.05) is 36.4 Å². The molecule has 15 heteroatoms. The first-order valence-corrected chi connectivity index (χ1v) is 16.7. The zero-order chi connectivity index (χ0) is 28.0. The Bertz CT molecular complexity index is 1940. The number of benzene rings is 2. The summed E-state index contributed by atoms with van der Waals surface area (Å²) in [5.74, 6) is 0. The number of H-pyrrole nitrogens is 1. The zero-order valence-electron chi connectivity index (χ0n) is 19.6. The highest BCUT2D eigenvalue weighted by Crippen LogP contribution is 2.24. The first-order chi connectivity index (χ1) is 18.6. The Morgan fingerprint density at radius 1 is 0.744 bits per heavy atom. The van der Waals surface area contributed by atoms with Crippen LogP contribution in [-0.4, -0.2) is 45.7 Å². The van der Waals surface area contributed by atoms with Crippen LogP contribution in [0.3, 0.4) is 0 Å². The van der Waals surface area contributed by atoms with Crippen LogP contribution in [0.25, 0.3) is 22.1 Å².